The van der Waals surface area contributed by atoms with Crippen molar-refractivity contribution in [3.63, 3.8) is 0 Å². The molecule has 0 aliphatic rings. The van der Waals surface area contributed by atoms with Gasteiger partial charge in [-0.25, -0.2) is 0 Å². The molecule has 0 saturated heterocycles. The molecule has 0 aliphatic carbocycles. The van der Waals surface area contributed by atoms with Crippen LogP contribution in [0.3, 0.4) is 0 Å². The minimum Gasteiger partial charge on any atom is -0.480 e. The van der Waals surface area contributed by atoms with Crippen LogP contribution < -0.4 is 5.32 Å². The van der Waals surface area contributed by atoms with Crippen LogP contribution in [0.1, 0.15) is 0 Å². The zero-order valence-corrected chi connectivity index (χ0v) is 8.07. The second-order valence-electron chi connectivity index (χ2n) is 2.52. The third-order valence-corrected chi connectivity index (χ3v) is 1.31. The number of aliphatic hydroxyl groups excluding tert-OH is 1. The minimum atomic E-state index is -0.878. The Labute approximate surface area is 82.8 Å². The Balaban J connectivity index is 2.88. The van der Waals surface area contributed by atoms with Crippen LogP contribution in [0.2, 0.25) is 0 Å². The van der Waals surface area contributed by atoms with Gasteiger partial charge in [0, 0.05) is 6.54 Å². The van der Waals surface area contributed by atoms with Crippen LogP contribution in [-0.4, -0.2) is 62.3 Å². The van der Waals surface area contributed by atoms with Gasteiger partial charge in [0.15, 0.2) is 0 Å². The van der Waals surface area contributed by atoms with Crippen molar-refractivity contribution in [2.24, 2.45) is 0 Å². The van der Waals surface area contributed by atoms with Gasteiger partial charge in [-0.3, -0.25) is 4.79 Å². The fourth-order valence-corrected chi connectivity index (χ4v) is 0.726. The molecule has 0 aliphatic heterocycles. The van der Waals surface area contributed by atoms with Gasteiger partial charge in [-0.15, -0.1) is 0 Å². The Hall–Kier alpha value is -0.690. The van der Waals surface area contributed by atoms with Crippen molar-refractivity contribution >= 4 is 5.97 Å². The van der Waals surface area contributed by atoms with E-state index in [1.54, 1.807) is 0 Å². The van der Waals surface area contributed by atoms with Crippen LogP contribution in [0.15, 0.2) is 0 Å². The SMILES string of the molecule is O=C(O)CNCCOCCOCCO. The number of carboxylic acids is 1. The van der Waals surface area contributed by atoms with Gasteiger partial charge in [-0.2, -0.15) is 0 Å². The zero-order valence-electron chi connectivity index (χ0n) is 8.07. The van der Waals surface area contributed by atoms with Gasteiger partial charge in [-0.1, -0.05) is 0 Å². The molecule has 0 unspecified atom stereocenters. The quantitative estimate of drug-likeness (QED) is 0.385. The highest BCUT2D eigenvalue weighted by Gasteiger charge is 1.94. The second kappa shape index (κ2) is 10.4. The van der Waals surface area contributed by atoms with Crippen LogP contribution in [0.4, 0.5) is 0 Å². The van der Waals surface area contributed by atoms with Crippen molar-refractivity contribution in [2.75, 3.05) is 46.1 Å². The summed E-state index contributed by atoms with van der Waals surface area (Å²) in [4.78, 5) is 10.1. The number of hydrogen-bond donors (Lipinski definition) is 3. The van der Waals surface area contributed by atoms with Crippen molar-refractivity contribution in [1.82, 2.24) is 5.32 Å². The molecule has 0 fully saturated rings. The molecular formula is C8H17NO5. The number of carboxylic acid groups (broad SMARTS) is 1. The highest BCUT2D eigenvalue weighted by atomic mass is 16.5. The smallest absolute Gasteiger partial charge is 0.317 e. The number of carbonyl (C=O) groups is 1. The second-order valence-corrected chi connectivity index (χ2v) is 2.52. The first-order valence-corrected chi connectivity index (χ1v) is 4.46. The van der Waals surface area contributed by atoms with E-state index in [0.29, 0.717) is 33.0 Å². The molecule has 6 nitrogen and oxygen atoms in total. The number of ether oxygens (including phenoxy) is 2. The molecule has 0 rings (SSSR count). The molecule has 0 saturated carbocycles. The Morgan fingerprint density at radius 3 is 2.36 bits per heavy atom. The van der Waals surface area contributed by atoms with E-state index >= 15 is 0 Å². The van der Waals surface area contributed by atoms with Gasteiger partial charge in [-0.05, 0) is 0 Å². The molecular weight excluding hydrogens is 190 g/mol. The topological polar surface area (TPSA) is 88.0 Å². The zero-order chi connectivity index (χ0) is 10.6. The van der Waals surface area contributed by atoms with E-state index in [0.717, 1.165) is 0 Å². The maximum Gasteiger partial charge on any atom is 0.317 e. The highest BCUT2D eigenvalue weighted by Crippen LogP contribution is 1.77. The lowest BCUT2D eigenvalue weighted by Gasteiger charge is -2.04. The summed E-state index contributed by atoms with van der Waals surface area (Å²) in [6.45, 7) is 2.14. The van der Waals surface area contributed by atoms with Crippen LogP contribution in [0, 0.1) is 0 Å². The Morgan fingerprint density at radius 2 is 1.79 bits per heavy atom. The maximum absolute atomic E-state index is 10.1. The summed E-state index contributed by atoms with van der Waals surface area (Å²) >= 11 is 0. The summed E-state index contributed by atoms with van der Waals surface area (Å²) in [5.41, 5.74) is 0. The molecule has 0 aromatic carbocycles. The average molecular weight is 207 g/mol. The van der Waals surface area contributed by atoms with Gasteiger partial charge < -0.3 is 25.0 Å². The fraction of sp³-hybridized carbons (Fsp3) is 0.875. The van der Waals surface area contributed by atoms with E-state index in [1.807, 2.05) is 0 Å². The van der Waals surface area contributed by atoms with Crippen molar-refractivity contribution in [2.45, 2.75) is 0 Å². The van der Waals surface area contributed by atoms with E-state index in [-0.39, 0.29) is 13.2 Å². The molecule has 0 heterocycles. The van der Waals surface area contributed by atoms with E-state index in [9.17, 15) is 4.79 Å². The van der Waals surface area contributed by atoms with Gasteiger partial charge in [0.1, 0.15) is 0 Å². The number of nitrogens with one attached hydrogen (secondary N) is 1. The fourth-order valence-electron chi connectivity index (χ4n) is 0.726. The summed E-state index contributed by atoms with van der Waals surface area (Å²) in [6.07, 6.45) is 0. The summed E-state index contributed by atoms with van der Waals surface area (Å²) in [5.74, 6) is -0.878. The number of hydrogen-bond acceptors (Lipinski definition) is 5. The predicted octanol–water partition coefficient (Wildman–Crippen LogP) is -1.31. The molecule has 84 valence electrons. The molecule has 0 amide bonds. The lowest BCUT2D eigenvalue weighted by molar-refractivity contribution is -0.136. The van der Waals surface area contributed by atoms with E-state index in [1.165, 1.54) is 0 Å². The molecule has 0 bridgehead atoms. The van der Waals surface area contributed by atoms with Crippen LogP contribution in [0.25, 0.3) is 0 Å². The third-order valence-electron chi connectivity index (χ3n) is 1.31. The summed E-state index contributed by atoms with van der Waals surface area (Å²) in [6, 6.07) is 0. The monoisotopic (exact) mass is 207 g/mol. The molecule has 0 spiro atoms. The van der Waals surface area contributed by atoms with Crippen molar-refractivity contribution in [1.29, 1.82) is 0 Å². The number of aliphatic carboxylic acids is 1. The van der Waals surface area contributed by atoms with Crippen molar-refractivity contribution in [3.8, 4) is 0 Å². The average Bonchev–Trinajstić information content (AvgIpc) is 2.15. The van der Waals surface area contributed by atoms with Gasteiger partial charge in [0.25, 0.3) is 0 Å². The number of aliphatic hydroxyl groups is 1. The minimum absolute atomic E-state index is 0.0141. The lowest BCUT2D eigenvalue weighted by Crippen LogP contribution is -2.26. The van der Waals surface area contributed by atoms with Crippen molar-refractivity contribution in [3.05, 3.63) is 0 Å². The third kappa shape index (κ3) is 11.3. The summed E-state index contributed by atoms with van der Waals surface area (Å²) in [7, 11) is 0. The van der Waals surface area contributed by atoms with Crippen LogP contribution in [-0.2, 0) is 14.3 Å². The van der Waals surface area contributed by atoms with E-state index in [2.05, 4.69) is 5.32 Å². The predicted molar refractivity (Wildman–Crippen MR) is 49.2 cm³/mol. The van der Waals surface area contributed by atoms with E-state index in [4.69, 9.17) is 19.7 Å². The van der Waals surface area contributed by atoms with E-state index < -0.39 is 5.97 Å². The molecule has 6 heteroatoms. The largest absolute Gasteiger partial charge is 0.480 e. The van der Waals surface area contributed by atoms with Gasteiger partial charge in [0.05, 0.1) is 39.6 Å². The summed E-state index contributed by atoms with van der Waals surface area (Å²) in [5, 5.41) is 19.3. The highest BCUT2D eigenvalue weighted by molar-refractivity contribution is 5.68. The van der Waals surface area contributed by atoms with Gasteiger partial charge >= 0.3 is 5.97 Å². The van der Waals surface area contributed by atoms with Gasteiger partial charge in [0.2, 0.25) is 0 Å². The molecule has 0 aromatic heterocycles. The standard InChI is InChI=1S/C8H17NO5/c10-2-4-14-6-5-13-3-1-9-7-8(11)12/h9-10H,1-7H2,(H,11,12). The molecule has 3 N–H and O–H groups in total. The first kappa shape index (κ1) is 13.3. The lowest BCUT2D eigenvalue weighted by atomic mass is 10.6. The van der Waals surface area contributed by atoms with Crippen LogP contribution in [0.5, 0.6) is 0 Å². The molecule has 0 atom stereocenters. The maximum atomic E-state index is 10.1. The Kier molecular flexibility index (Phi) is 9.88. The first-order chi connectivity index (χ1) is 6.77. The first-order valence-electron chi connectivity index (χ1n) is 4.46. The molecule has 14 heavy (non-hydrogen) atoms. The van der Waals surface area contributed by atoms with Crippen LogP contribution >= 0.6 is 0 Å². The molecule has 0 aromatic rings. The summed E-state index contributed by atoms with van der Waals surface area (Å²) < 4.78 is 10.0. The number of rotatable bonds is 10. The van der Waals surface area contributed by atoms with Crippen molar-refractivity contribution < 1.29 is 24.5 Å². The Bertz CT molecular complexity index is 142. The molecule has 0 radical (unpaired) electrons. The Morgan fingerprint density at radius 1 is 1.14 bits per heavy atom. The normalized spacial score (nSPS) is 10.4.